The number of halogens is 2. The second kappa shape index (κ2) is 5.06. The highest BCUT2D eigenvalue weighted by Crippen LogP contribution is 2.37. The van der Waals surface area contributed by atoms with E-state index in [2.05, 4.69) is 19.0 Å². The molecule has 4 rings (SSSR count). The molecule has 0 radical (unpaired) electrons. The Morgan fingerprint density at radius 3 is 2.71 bits per heavy atom. The largest absolute Gasteiger partial charge is 0.328 e. The van der Waals surface area contributed by atoms with Crippen LogP contribution in [0.2, 0.25) is 10.0 Å². The topological polar surface area (TPSA) is 50.7 Å². The van der Waals surface area contributed by atoms with Crippen molar-refractivity contribution in [3.63, 3.8) is 0 Å². The first-order valence-corrected chi connectivity index (χ1v) is 8.25. The first-order valence-electron chi connectivity index (χ1n) is 5.95. The van der Waals surface area contributed by atoms with E-state index in [9.17, 15) is 0 Å². The molecule has 8 heteroatoms. The Morgan fingerprint density at radius 2 is 1.86 bits per heavy atom. The third-order valence-corrected chi connectivity index (χ3v) is 5.28. The molecule has 0 aliphatic rings. The van der Waals surface area contributed by atoms with Gasteiger partial charge in [0, 0.05) is 0 Å². The van der Waals surface area contributed by atoms with Gasteiger partial charge in [-0.2, -0.15) is 8.75 Å². The molecule has 2 aromatic heterocycles. The first-order chi connectivity index (χ1) is 10.2. The summed E-state index contributed by atoms with van der Waals surface area (Å²) in [4.78, 5) is 4.52. The van der Waals surface area contributed by atoms with Crippen molar-refractivity contribution in [2.24, 2.45) is 0 Å². The summed E-state index contributed by atoms with van der Waals surface area (Å²) in [5.74, 6) is 0. The highest BCUT2D eigenvalue weighted by molar-refractivity contribution is 7.22. The van der Waals surface area contributed by atoms with E-state index >= 15 is 0 Å². The van der Waals surface area contributed by atoms with Crippen LogP contribution in [-0.4, -0.2) is 13.7 Å². The lowest BCUT2D eigenvalue weighted by Crippen LogP contribution is -1.91. The number of hydrogen-bond acceptors (Lipinski definition) is 6. The smallest absolute Gasteiger partial charge is 0.188 e. The molecule has 0 saturated heterocycles. The second-order valence-corrected chi connectivity index (χ2v) is 6.63. The van der Waals surface area contributed by atoms with Crippen LogP contribution in [0.25, 0.3) is 21.3 Å². The van der Waals surface area contributed by atoms with Crippen LogP contribution in [0.15, 0.2) is 30.3 Å². The van der Waals surface area contributed by atoms with Gasteiger partial charge in [-0.15, -0.1) is 0 Å². The van der Waals surface area contributed by atoms with Gasteiger partial charge in [-0.25, -0.2) is 4.98 Å². The average molecular weight is 353 g/mol. The van der Waals surface area contributed by atoms with Gasteiger partial charge in [0.15, 0.2) is 5.13 Å². The average Bonchev–Trinajstić information content (AvgIpc) is 3.09. The standard InChI is InChI=1S/C13H6Cl2N4S2/c14-6-4-5-8-11(19-21-18-8)10(6)17-13-16-9-3-1-2-7(15)12(9)20-13/h1-5H,(H,16,17). The van der Waals surface area contributed by atoms with E-state index in [-0.39, 0.29) is 0 Å². The molecule has 2 aromatic carbocycles. The molecule has 0 amide bonds. The summed E-state index contributed by atoms with van der Waals surface area (Å²) in [5.41, 5.74) is 3.14. The fourth-order valence-electron chi connectivity index (χ4n) is 2.02. The summed E-state index contributed by atoms with van der Waals surface area (Å²) < 4.78 is 9.44. The van der Waals surface area contributed by atoms with E-state index in [0.717, 1.165) is 43.8 Å². The van der Waals surface area contributed by atoms with E-state index in [1.807, 2.05) is 24.3 Å². The van der Waals surface area contributed by atoms with Crippen LogP contribution in [0.3, 0.4) is 0 Å². The SMILES string of the molecule is Clc1ccc2nsnc2c1Nc1nc2cccc(Cl)c2s1. The van der Waals surface area contributed by atoms with Crippen LogP contribution in [0.4, 0.5) is 10.8 Å². The van der Waals surface area contributed by atoms with E-state index in [0.29, 0.717) is 10.0 Å². The van der Waals surface area contributed by atoms with Gasteiger partial charge in [0.1, 0.15) is 11.0 Å². The Kier molecular flexibility index (Phi) is 3.19. The van der Waals surface area contributed by atoms with Crippen LogP contribution < -0.4 is 5.32 Å². The Morgan fingerprint density at radius 1 is 0.952 bits per heavy atom. The highest BCUT2D eigenvalue weighted by atomic mass is 35.5. The van der Waals surface area contributed by atoms with E-state index in [1.165, 1.54) is 11.3 Å². The number of aromatic nitrogens is 3. The Bertz CT molecular complexity index is 963. The lowest BCUT2D eigenvalue weighted by atomic mass is 10.2. The molecule has 0 aliphatic heterocycles. The van der Waals surface area contributed by atoms with Crippen LogP contribution in [-0.2, 0) is 0 Å². The van der Waals surface area contributed by atoms with Crippen molar-refractivity contribution in [2.75, 3.05) is 5.32 Å². The minimum Gasteiger partial charge on any atom is -0.328 e. The third kappa shape index (κ3) is 2.24. The van der Waals surface area contributed by atoms with Crippen LogP contribution in [0, 0.1) is 0 Å². The molecular formula is C13H6Cl2N4S2. The minimum absolute atomic E-state index is 0.584. The molecule has 4 aromatic rings. The van der Waals surface area contributed by atoms with Crippen LogP contribution in [0.1, 0.15) is 0 Å². The lowest BCUT2D eigenvalue weighted by Gasteiger charge is -2.05. The molecule has 0 aliphatic carbocycles. The van der Waals surface area contributed by atoms with Crippen molar-refractivity contribution in [1.82, 2.24) is 13.7 Å². The van der Waals surface area contributed by atoms with Gasteiger partial charge in [0.2, 0.25) is 0 Å². The number of anilines is 2. The first kappa shape index (κ1) is 13.2. The summed E-state index contributed by atoms with van der Waals surface area (Å²) >= 11 is 15.1. The van der Waals surface area contributed by atoms with Gasteiger partial charge < -0.3 is 5.32 Å². The maximum absolute atomic E-state index is 6.27. The normalized spacial score (nSPS) is 11.3. The molecule has 1 N–H and O–H groups in total. The van der Waals surface area contributed by atoms with Gasteiger partial charge in [-0.1, -0.05) is 40.6 Å². The molecule has 0 spiro atoms. The van der Waals surface area contributed by atoms with Gasteiger partial charge in [0.25, 0.3) is 0 Å². The van der Waals surface area contributed by atoms with Gasteiger partial charge in [0.05, 0.1) is 37.7 Å². The molecule has 2 heterocycles. The monoisotopic (exact) mass is 352 g/mol. The van der Waals surface area contributed by atoms with Gasteiger partial charge in [-0.05, 0) is 24.3 Å². The molecule has 0 saturated carbocycles. The number of hydrogen-bond donors (Lipinski definition) is 1. The van der Waals surface area contributed by atoms with Crippen molar-refractivity contribution in [2.45, 2.75) is 0 Å². The molecule has 0 unspecified atom stereocenters. The third-order valence-electron chi connectivity index (χ3n) is 2.98. The van der Waals surface area contributed by atoms with Crippen molar-refractivity contribution < 1.29 is 0 Å². The maximum Gasteiger partial charge on any atom is 0.188 e. The number of nitrogens with one attached hydrogen (secondary N) is 1. The number of nitrogens with zero attached hydrogens (tertiary/aromatic N) is 3. The number of thiazole rings is 1. The molecule has 0 bridgehead atoms. The number of rotatable bonds is 2. The molecule has 4 nitrogen and oxygen atoms in total. The minimum atomic E-state index is 0.584. The quantitative estimate of drug-likeness (QED) is 0.528. The van der Waals surface area contributed by atoms with Crippen molar-refractivity contribution in [1.29, 1.82) is 0 Å². The van der Waals surface area contributed by atoms with Crippen molar-refractivity contribution in [3.8, 4) is 0 Å². The van der Waals surface area contributed by atoms with E-state index in [1.54, 1.807) is 6.07 Å². The summed E-state index contributed by atoms with van der Waals surface area (Å²) in [7, 11) is 0. The van der Waals surface area contributed by atoms with Gasteiger partial charge in [-0.3, -0.25) is 0 Å². The van der Waals surface area contributed by atoms with E-state index in [4.69, 9.17) is 23.2 Å². The fraction of sp³-hybridized carbons (Fsp3) is 0. The second-order valence-electron chi connectivity index (χ2n) is 4.29. The predicted octanol–water partition coefficient (Wildman–Crippen LogP) is 5.35. The number of fused-ring (bicyclic) bond motifs is 2. The fourth-order valence-corrected chi connectivity index (χ4v) is 3.92. The van der Waals surface area contributed by atoms with Crippen molar-refractivity contribution >= 4 is 78.3 Å². The highest BCUT2D eigenvalue weighted by Gasteiger charge is 2.13. The Balaban J connectivity index is 1.84. The summed E-state index contributed by atoms with van der Waals surface area (Å²) in [5, 5.41) is 5.24. The summed E-state index contributed by atoms with van der Waals surface area (Å²) in [6.45, 7) is 0. The van der Waals surface area contributed by atoms with Crippen LogP contribution in [0.5, 0.6) is 0 Å². The predicted molar refractivity (Wildman–Crippen MR) is 90.3 cm³/mol. The molecule has 0 fully saturated rings. The zero-order valence-electron chi connectivity index (χ0n) is 10.3. The van der Waals surface area contributed by atoms with Crippen LogP contribution >= 0.6 is 46.3 Å². The summed E-state index contributed by atoms with van der Waals surface area (Å²) in [6, 6.07) is 9.31. The molecule has 0 atom stereocenters. The Hall–Kier alpha value is -1.47. The zero-order valence-corrected chi connectivity index (χ0v) is 13.4. The summed E-state index contributed by atoms with van der Waals surface area (Å²) in [6.07, 6.45) is 0. The number of benzene rings is 2. The van der Waals surface area contributed by atoms with E-state index < -0.39 is 0 Å². The zero-order chi connectivity index (χ0) is 14.4. The Labute approximate surface area is 137 Å². The molecular weight excluding hydrogens is 347 g/mol. The van der Waals surface area contributed by atoms with Gasteiger partial charge >= 0.3 is 0 Å². The molecule has 104 valence electrons. The lowest BCUT2D eigenvalue weighted by molar-refractivity contribution is 1.45. The van der Waals surface area contributed by atoms with Crippen molar-refractivity contribution in [3.05, 3.63) is 40.4 Å². The maximum atomic E-state index is 6.27. The molecule has 21 heavy (non-hydrogen) atoms.